The van der Waals surface area contributed by atoms with Crippen LogP contribution in [-0.4, -0.2) is 23.9 Å². The largest absolute Gasteiger partial charge is 0.339 e. The van der Waals surface area contributed by atoms with Crippen LogP contribution in [0.3, 0.4) is 0 Å². The highest BCUT2D eigenvalue weighted by Gasteiger charge is 2.23. The molecule has 1 aliphatic heterocycles. The van der Waals surface area contributed by atoms with Gasteiger partial charge in [0.1, 0.15) is 6.07 Å². The quantitative estimate of drug-likeness (QED) is 0.824. The Kier molecular flexibility index (Phi) is 5.22. The molecule has 1 amide bonds. The van der Waals surface area contributed by atoms with Crippen LogP contribution in [0.2, 0.25) is 0 Å². The van der Waals surface area contributed by atoms with Crippen LogP contribution in [0.1, 0.15) is 35.7 Å². The molecule has 0 saturated carbocycles. The summed E-state index contributed by atoms with van der Waals surface area (Å²) in [7, 11) is 0. The molecule has 0 spiro atoms. The van der Waals surface area contributed by atoms with E-state index in [1.54, 1.807) is 6.07 Å². The van der Waals surface area contributed by atoms with Crippen LogP contribution in [0.15, 0.2) is 58.3 Å². The minimum Gasteiger partial charge on any atom is -0.339 e. The first-order valence-corrected chi connectivity index (χ1v) is 9.06. The predicted octanol–water partition coefficient (Wildman–Crippen LogP) is 4.58. The van der Waals surface area contributed by atoms with Crippen molar-refractivity contribution >= 4 is 17.7 Å². The Bertz CT molecular complexity index is 773. The lowest BCUT2D eigenvalue weighted by molar-refractivity contribution is 0.0693. The van der Waals surface area contributed by atoms with E-state index in [-0.39, 0.29) is 5.91 Å². The van der Waals surface area contributed by atoms with E-state index >= 15 is 0 Å². The summed E-state index contributed by atoms with van der Waals surface area (Å²) in [5.74, 6) is 0.792. The number of rotatable bonds is 3. The van der Waals surface area contributed by atoms with Gasteiger partial charge in [0.15, 0.2) is 0 Å². The Morgan fingerprint density at radius 2 is 1.71 bits per heavy atom. The maximum Gasteiger partial charge on any atom is 0.255 e. The van der Waals surface area contributed by atoms with Gasteiger partial charge in [-0.2, -0.15) is 5.26 Å². The molecule has 1 aliphatic rings. The summed E-state index contributed by atoms with van der Waals surface area (Å²) in [6.07, 6.45) is 2.14. The molecule has 2 aromatic carbocycles. The fourth-order valence-corrected chi connectivity index (χ4v) is 3.90. The Balaban J connectivity index is 1.86. The summed E-state index contributed by atoms with van der Waals surface area (Å²) in [4.78, 5) is 16.7. The SMILES string of the molecule is CC1CCN(C(=O)c2ccccc2Sc2ccccc2C#N)CC1. The molecule has 2 aromatic rings. The molecule has 3 nitrogen and oxygen atoms in total. The number of carbonyl (C=O) groups is 1. The van der Waals surface area contributed by atoms with E-state index in [2.05, 4.69) is 13.0 Å². The van der Waals surface area contributed by atoms with E-state index in [1.807, 2.05) is 47.4 Å². The second kappa shape index (κ2) is 7.55. The molecule has 0 aliphatic carbocycles. The zero-order valence-electron chi connectivity index (χ0n) is 13.7. The summed E-state index contributed by atoms with van der Waals surface area (Å²) in [6, 6.07) is 17.4. The van der Waals surface area contributed by atoms with Crippen molar-refractivity contribution in [2.75, 3.05) is 13.1 Å². The van der Waals surface area contributed by atoms with Gasteiger partial charge in [-0.15, -0.1) is 0 Å². The van der Waals surface area contributed by atoms with Crippen LogP contribution in [0.25, 0.3) is 0 Å². The lowest BCUT2D eigenvalue weighted by Crippen LogP contribution is -2.38. The second-order valence-corrected chi connectivity index (χ2v) is 7.26. The van der Waals surface area contributed by atoms with E-state index in [1.165, 1.54) is 11.8 Å². The first-order chi connectivity index (χ1) is 11.7. The van der Waals surface area contributed by atoms with Crippen molar-refractivity contribution in [1.82, 2.24) is 4.90 Å². The lowest BCUT2D eigenvalue weighted by Gasteiger charge is -2.30. The Morgan fingerprint density at radius 1 is 1.08 bits per heavy atom. The maximum absolute atomic E-state index is 12.9. The Labute approximate surface area is 147 Å². The van der Waals surface area contributed by atoms with Crippen molar-refractivity contribution in [3.63, 3.8) is 0 Å². The van der Waals surface area contributed by atoms with Gasteiger partial charge in [-0.1, -0.05) is 43.0 Å². The minimum atomic E-state index is 0.0967. The van der Waals surface area contributed by atoms with Crippen molar-refractivity contribution in [1.29, 1.82) is 5.26 Å². The van der Waals surface area contributed by atoms with Gasteiger partial charge in [0.2, 0.25) is 0 Å². The van der Waals surface area contributed by atoms with E-state index in [0.717, 1.165) is 41.3 Å². The fraction of sp³-hybridized carbons (Fsp3) is 0.300. The Morgan fingerprint density at radius 3 is 2.42 bits per heavy atom. The highest BCUT2D eigenvalue weighted by atomic mass is 32.2. The third-order valence-electron chi connectivity index (χ3n) is 4.42. The van der Waals surface area contributed by atoms with E-state index in [0.29, 0.717) is 11.5 Å². The average Bonchev–Trinajstić information content (AvgIpc) is 2.63. The number of carbonyl (C=O) groups excluding carboxylic acids is 1. The van der Waals surface area contributed by atoms with Crippen LogP contribution in [0, 0.1) is 17.2 Å². The smallest absolute Gasteiger partial charge is 0.255 e. The van der Waals surface area contributed by atoms with Crippen LogP contribution < -0.4 is 0 Å². The molecule has 3 rings (SSSR count). The van der Waals surface area contributed by atoms with Crippen LogP contribution in [0.5, 0.6) is 0 Å². The van der Waals surface area contributed by atoms with E-state index in [4.69, 9.17) is 0 Å². The summed E-state index contributed by atoms with van der Waals surface area (Å²) >= 11 is 1.49. The van der Waals surface area contributed by atoms with Gasteiger partial charge >= 0.3 is 0 Å². The number of hydrogen-bond acceptors (Lipinski definition) is 3. The van der Waals surface area contributed by atoms with Crippen LogP contribution in [0.4, 0.5) is 0 Å². The van der Waals surface area contributed by atoms with Gasteiger partial charge in [0.05, 0.1) is 11.1 Å². The highest BCUT2D eigenvalue weighted by Crippen LogP contribution is 2.33. The van der Waals surface area contributed by atoms with Gasteiger partial charge in [-0.05, 0) is 43.0 Å². The summed E-state index contributed by atoms with van der Waals surface area (Å²) in [5.41, 5.74) is 1.36. The number of nitrogens with zero attached hydrogens (tertiary/aromatic N) is 2. The normalized spacial score (nSPS) is 15.1. The van der Waals surface area contributed by atoms with Gasteiger partial charge in [0, 0.05) is 22.9 Å². The second-order valence-electron chi connectivity index (χ2n) is 6.18. The first-order valence-electron chi connectivity index (χ1n) is 8.24. The molecule has 24 heavy (non-hydrogen) atoms. The minimum absolute atomic E-state index is 0.0967. The standard InChI is InChI=1S/C20H20N2OS/c1-15-10-12-22(13-11-15)20(23)17-7-3-5-9-19(17)24-18-8-4-2-6-16(18)14-21/h2-9,15H,10-13H2,1H3. The van der Waals surface area contributed by atoms with Crippen LogP contribution >= 0.6 is 11.8 Å². The number of hydrogen-bond donors (Lipinski definition) is 0. The molecule has 1 saturated heterocycles. The van der Waals surface area contributed by atoms with Crippen molar-refractivity contribution in [2.24, 2.45) is 5.92 Å². The number of likely N-dealkylation sites (tertiary alicyclic amines) is 1. The first kappa shape index (κ1) is 16.6. The van der Waals surface area contributed by atoms with Crippen molar-refractivity contribution in [2.45, 2.75) is 29.6 Å². The molecular formula is C20H20N2OS. The molecule has 0 radical (unpaired) electrons. The van der Waals surface area contributed by atoms with Crippen molar-refractivity contribution < 1.29 is 4.79 Å². The molecule has 0 bridgehead atoms. The zero-order valence-corrected chi connectivity index (χ0v) is 14.6. The van der Waals surface area contributed by atoms with Crippen LogP contribution in [-0.2, 0) is 0 Å². The van der Waals surface area contributed by atoms with E-state index in [9.17, 15) is 10.1 Å². The molecule has 0 aromatic heterocycles. The number of piperidine rings is 1. The molecule has 122 valence electrons. The number of nitriles is 1. The summed E-state index contributed by atoms with van der Waals surface area (Å²) in [5, 5.41) is 9.27. The monoisotopic (exact) mass is 336 g/mol. The third-order valence-corrected chi connectivity index (χ3v) is 5.57. The summed E-state index contributed by atoms with van der Waals surface area (Å²) < 4.78 is 0. The molecule has 0 unspecified atom stereocenters. The third kappa shape index (κ3) is 3.63. The molecule has 0 atom stereocenters. The molecule has 1 fully saturated rings. The lowest BCUT2D eigenvalue weighted by atomic mass is 9.98. The number of amides is 1. The van der Waals surface area contributed by atoms with Gasteiger partial charge in [0.25, 0.3) is 5.91 Å². The molecule has 1 heterocycles. The van der Waals surface area contributed by atoms with Crippen molar-refractivity contribution in [3.05, 3.63) is 59.7 Å². The average molecular weight is 336 g/mol. The maximum atomic E-state index is 12.9. The molecule has 4 heteroatoms. The van der Waals surface area contributed by atoms with Crippen molar-refractivity contribution in [3.8, 4) is 6.07 Å². The van der Waals surface area contributed by atoms with E-state index < -0.39 is 0 Å². The summed E-state index contributed by atoms with van der Waals surface area (Å²) in [6.45, 7) is 3.89. The number of benzene rings is 2. The Hall–Kier alpha value is -2.25. The fourth-order valence-electron chi connectivity index (χ4n) is 2.88. The van der Waals surface area contributed by atoms with Gasteiger partial charge < -0.3 is 4.90 Å². The zero-order chi connectivity index (χ0) is 16.9. The molecule has 0 N–H and O–H groups in total. The molecular weight excluding hydrogens is 316 g/mol. The van der Waals surface area contributed by atoms with Gasteiger partial charge in [-0.3, -0.25) is 4.79 Å². The van der Waals surface area contributed by atoms with Gasteiger partial charge in [-0.25, -0.2) is 0 Å². The topological polar surface area (TPSA) is 44.1 Å². The predicted molar refractivity (Wildman–Crippen MR) is 96.0 cm³/mol. The highest BCUT2D eigenvalue weighted by molar-refractivity contribution is 7.99.